The predicted octanol–water partition coefficient (Wildman–Crippen LogP) is 5.53. The van der Waals surface area contributed by atoms with Crippen LogP contribution in [0.4, 0.5) is 5.69 Å². The van der Waals surface area contributed by atoms with Crippen molar-refractivity contribution in [2.75, 3.05) is 19.0 Å². The normalized spacial score (nSPS) is 10.8. The number of nitriles is 1. The Morgan fingerprint density at radius 2 is 2.14 bits per heavy atom. The van der Waals surface area contributed by atoms with Gasteiger partial charge in [-0.05, 0) is 64.3 Å². The Balaban J connectivity index is 2.34. The number of carbonyl (C=O) groups excluding carboxylic acids is 1. The summed E-state index contributed by atoms with van der Waals surface area (Å²) < 4.78 is 11.6. The zero-order chi connectivity index (χ0) is 20.7. The van der Waals surface area contributed by atoms with Gasteiger partial charge in [-0.2, -0.15) is 5.26 Å². The molecular weight excluding hydrogens is 444 g/mol. The highest BCUT2D eigenvalue weighted by Crippen LogP contribution is 2.37. The number of halogens is 2. The predicted molar refractivity (Wildman–Crippen MR) is 115 cm³/mol. The average molecular weight is 462 g/mol. The summed E-state index contributed by atoms with van der Waals surface area (Å²) >= 11 is 9.40. The van der Waals surface area contributed by atoms with Crippen LogP contribution in [-0.2, 0) is 4.79 Å². The second-order valence-electron chi connectivity index (χ2n) is 5.72. The Hall–Kier alpha value is -2.75. The Kier molecular flexibility index (Phi) is 7.68. The lowest BCUT2D eigenvalue weighted by atomic mass is 10.1. The number of methoxy groups -OCH3 is 1. The standard InChI is InChI=1S/C21H18BrClN2O3/c1-4-7-28-20-17(22)9-14(10-19(20)27-3)8-15(12-24)21(26)25-18-11-16(23)6-5-13(18)2/h4-6,8-11H,1,7H2,2-3H3,(H,25,26)/b15-8+. The van der Waals surface area contributed by atoms with Gasteiger partial charge in [0.2, 0.25) is 0 Å². The first-order chi connectivity index (χ1) is 13.4. The highest BCUT2D eigenvalue weighted by atomic mass is 79.9. The molecule has 0 spiro atoms. The third kappa shape index (κ3) is 5.38. The number of hydrogen-bond donors (Lipinski definition) is 1. The van der Waals surface area contributed by atoms with Crippen molar-refractivity contribution in [2.45, 2.75) is 6.92 Å². The van der Waals surface area contributed by atoms with E-state index in [9.17, 15) is 10.1 Å². The maximum absolute atomic E-state index is 12.5. The third-order valence-corrected chi connectivity index (χ3v) is 4.55. The van der Waals surface area contributed by atoms with Crippen LogP contribution in [-0.4, -0.2) is 19.6 Å². The van der Waals surface area contributed by atoms with Gasteiger partial charge in [-0.1, -0.05) is 30.3 Å². The lowest BCUT2D eigenvalue weighted by Gasteiger charge is -2.12. The van der Waals surface area contributed by atoms with Gasteiger partial charge < -0.3 is 14.8 Å². The van der Waals surface area contributed by atoms with Crippen LogP contribution in [0.15, 0.2) is 53.0 Å². The van der Waals surface area contributed by atoms with Gasteiger partial charge >= 0.3 is 0 Å². The number of carbonyl (C=O) groups is 1. The molecule has 0 unspecified atom stereocenters. The molecule has 0 saturated heterocycles. The Labute approximate surface area is 177 Å². The van der Waals surface area contributed by atoms with E-state index in [2.05, 4.69) is 27.8 Å². The van der Waals surface area contributed by atoms with Gasteiger partial charge in [-0.3, -0.25) is 4.79 Å². The monoisotopic (exact) mass is 460 g/mol. The summed E-state index contributed by atoms with van der Waals surface area (Å²) in [5.41, 5.74) is 1.92. The fraction of sp³-hybridized carbons (Fsp3) is 0.143. The first-order valence-electron chi connectivity index (χ1n) is 8.20. The van der Waals surface area contributed by atoms with Crippen molar-refractivity contribution in [3.05, 3.63) is 69.2 Å². The molecule has 2 rings (SSSR count). The molecule has 7 heteroatoms. The third-order valence-electron chi connectivity index (χ3n) is 3.72. The molecule has 0 radical (unpaired) electrons. The molecule has 0 aromatic heterocycles. The second kappa shape index (κ2) is 9.98. The molecule has 0 aliphatic rings. The molecule has 0 atom stereocenters. The summed E-state index contributed by atoms with van der Waals surface area (Å²) in [5, 5.41) is 12.6. The quantitative estimate of drug-likeness (QED) is 0.334. The minimum Gasteiger partial charge on any atom is -0.493 e. The summed E-state index contributed by atoms with van der Waals surface area (Å²) in [5.74, 6) is 0.442. The van der Waals surface area contributed by atoms with E-state index in [1.807, 2.05) is 13.0 Å². The van der Waals surface area contributed by atoms with E-state index in [0.29, 0.717) is 38.9 Å². The molecule has 0 fully saturated rings. The van der Waals surface area contributed by atoms with Crippen LogP contribution >= 0.6 is 27.5 Å². The van der Waals surface area contributed by atoms with Crippen molar-refractivity contribution in [1.82, 2.24) is 0 Å². The van der Waals surface area contributed by atoms with Crippen LogP contribution < -0.4 is 14.8 Å². The van der Waals surface area contributed by atoms with Crippen LogP contribution in [0, 0.1) is 18.3 Å². The number of nitrogens with zero attached hydrogens (tertiary/aromatic N) is 1. The molecule has 28 heavy (non-hydrogen) atoms. The Bertz CT molecular complexity index is 980. The van der Waals surface area contributed by atoms with Crippen LogP contribution in [0.3, 0.4) is 0 Å². The number of hydrogen-bond acceptors (Lipinski definition) is 4. The first kappa shape index (κ1) is 21.5. The van der Waals surface area contributed by atoms with E-state index in [1.54, 1.807) is 36.4 Å². The average Bonchev–Trinajstić information content (AvgIpc) is 2.67. The summed E-state index contributed by atoms with van der Waals surface area (Å²) in [7, 11) is 1.51. The number of benzene rings is 2. The first-order valence-corrected chi connectivity index (χ1v) is 9.37. The van der Waals surface area contributed by atoms with Crippen LogP contribution in [0.5, 0.6) is 11.5 Å². The lowest BCUT2D eigenvalue weighted by Crippen LogP contribution is -2.14. The molecule has 0 heterocycles. The molecule has 144 valence electrons. The zero-order valence-electron chi connectivity index (χ0n) is 15.4. The number of nitrogens with one attached hydrogen (secondary N) is 1. The van der Waals surface area contributed by atoms with Crippen molar-refractivity contribution >= 4 is 45.2 Å². The van der Waals surface area contributed by atoms with E-state index in [1.165, 1.54) is 13.2 Å². The van der Waals surface area contributed by atoms with Gasteiger partial charge in [-0.15, -0.1) is 0 Å². The van der Waals surface area contributed by atoms with E-state index in [4.69, 9.17) is 21.1 Å². The van der Waals surface area contributed by atoms with Gasteiger partial charge in [0, 0.05) is 10.7 Å². The number of amides is 1. The zero-order valence-corrected chi connectivity index (χ0v) is 17.7. The number of aryl methyl sites for hydroxylation is 1. The minimum atomic E-state index is -0.532. The minimum absolute atomic E-state index is 0.0620. The van der Waals surface area contributed by atoms with Gasteiger partial charge in [0.15, 0.2) is 11.5 Å². The lowest BCUT2D eigenvalue weighted by molar-refractivity contribution is -0.112. The van der Waals surface area contributed by atoms with Crippen molar-refractivity contribution in [3.8, 4) is 17.6 Å². The summed E-state index contributed by atoms with van der Waals surface area (Å²) in [4.78, 5) is 12.5. The van der Waals surface area contributed by atoms with Gasteiger partial charge in [-0.25, -0.2) is 0 Å². The van der Waals surface area contributed by atoms with Crippen LogP contribution in [0.1, 0.15) is 11.1 Å². The summed E-state index contributed by atoms with van der Waals surface area (Å²) in [6, 6.07) is 10.5. The molecule has 2 aromatic carbocycles. The van der Waals surface area contributed by atoms with Gasteiger partial charge in [0.1, 0.15) is 18.2 Å². The summed E-state index contributed by atoms with van der Waals surface area (Å²) in [6.45, 7) is 5.77. The van der Waals surface area contributed by atoms with Crippen molar-refractivity contribution < 1.29 is 14.3 Å². The van der Waals surface area contributed by atoms with Gasteiger partial charge in [0.05, 0.1) is 11.6 Å². The molecule has 0 aliphatic carbocycles. The number of rotatable bonds is 7. The molecule has 5 nitrogen and oxygen atoms in total. The van der Waals surface area contributed by atoms with E-state index < -0.39 is 5.91 Å². The fourth-order valence-corrected chi connectivity index (χ4v) is 3.09. The van der Waals surface area contributed by atoms with Gasteiger partial charge in [0.25, 0.3) is 5.91 Å². The molecule has 0 aliphatic heterocycles. The van der Waals surface area contributed by atoms with E-state index in [0.717, 1.165) is 5.56 Å². The van der Waals surface area contributed by atoms with Crippen LogP contribution in [0.2, 0.25) is 5.02 Å². The number of anilines is 1. The van der Waals surface area contributed by atoms with E-state index >= 15 is 0 Å². The second-order valence-corrected chi connectivity index (χ2v) is 7.01. The molecule has 0 saturated carbocycles. The largest absolute Gasteiger partial charge is 0.493 e. The molecule has 1 amide bonds. The van der Waals surface area contributed by atoms with Crippen molar-refractivity contribution in [3.63, 3.8) is 0 Å². The highest BCUT2D eigenvalue weighted by molar-refractivity contribution is 9.10. The molecule has 0 bridgehead atoms. The summed E-state index contributed by atoms with van der Waals surface area (Å²) in [6.07, 6.45) is 3.09. The van der Waals surface area contributed by atoms with Crippen molar-refractivity contribution in [2.24, 2.45) is 0 Å². The smallest absolute Gasteiger partial charge is 0.266 e. The number of ether oxygens (including phenoxy) is 2. The Morgan fingerprint density at radius 1 is 1.39 bits per heavy atom. The maximum atomic E-state index is 12.5. The highest BCUT2D eigenvalue weighted by Gasteiger charge is 2.14. The topological polar surface area (TPSA) is 71.3 Å². The van der Waals surface area contributed by atoms with Crippen LogP contribution in [0.25, 0.3) is 6.08 Å². The fourth-order valence-electron chi connectivity index (χ4n) is 2.34. The van der Waals surface area contributed by atoms with E-state index in [-0.39, 0.29) is 5.57 Å². The molecular formula is C21H18BrClN2O3. The SMILES string of the molecule is C=CCOc1c(Br)cc(/C=C(\C#N)C(=O)Nc2cc(Cl)ccc2C)cc1OC. The Morgan fingerprint density at radius 3 is 2.79 bits per heavy atom. The van der Waals surface area contributed by atoms with Crippen molar-refractivity contribution in [1.29, 1.82) is 5.26 Å². The maximum Gasteiger partial charge on any atom is 0.266 e. The molecule has 2 aromatic rings. The molecule has 1 N–H and O–H groups in total.